The Morgan fingerprint density at radius 1 is 1.35 bits per heavy atom. The van der Waals surface area contributed by atoms with Gasteiger partial charge >= 0.3 is 0 Å². The number of carbonyl (C=O) groups is 1. The van der Waals surface area contributed by atoms with E-state index in [1.54, 1.807) is 13.8 Å². The highest BCUT2D eigenvalue weighted by atomic mass is 35.5. The number of rotatable bonds is 5. The number of hydrogen-bond acceptors (Lipinski definition) is 3. The Morgan fingerprint density at radius 3 is 2.48 bits per heavy atom. The van der Waals surface area contributed by atoms with Gasteiger partial charge in [0.2, 0.25) is 5.91 Å². The fourth-order valence-electron chi connectivity index (χ4n) is 2.64. The van der Waals surface area contributed by atoms with Crippen LogP contribution >= 0.6 is 36.4 Å². The van der Waals surface area contributed by atoms with Crippen LogP contribution in [0.3, 0.4) is 0 Å². The molecule has 23 heavy (non-hydrogen) atoms. The lowest BCUT2D eigenvalue weighted by molar-refractivity contribution is -0.125. The lowest BCUT2D eigenvalue weighted by Crippen LogP contribution is -2.50. The molecule has 1 atom stereocenters. The van der Waals surface area contributed by atoms with Gasteiger partial charge in [-0.05, 0) is 57.5 Å². The number of nitrogens with zero attached hydrogens (tertiary/aromatic N) is 1. The number of amides is 1. The molecule has 7 heteroatoms. The molecule has 0 bridgehead atoms. The van der Waals surface area contributed by atoms with Crippen LogP contribution in [-0.2, 0) is 4.79 Å². The first-order valence-electron chi connectivity index (χ1n) is 7.44. The molecule has 2 rings (SSSR count). The van der Waals surface area contributed by atoms with Crippen LogP contribution in [0.25, 0.3) is 0 Å². The van der Waals surface area contributed by atoms with Crippen LogP contribution in [0.15, 0.2) is 24.3 Å². The number of nitrogens with one attached hydrogen (secondary N) is 1. The predicted molar refractivity (Wildman–Crippen MR) is 101 cm³/mol. The van der Waals surface area contributed by atoms with Gasteiger partial charge in [-0.2, -0.15) is 0 Å². The summed E-state index contributed by atoms with van der Waals surface area (Å²) in [7, 11) is 0. The summed E-state index contributed by atoms with van der Waals surface area (Å²) in [6.07, 6.45) is 2.40. The third kappa shape index (κ3) is 6.48. The Balaban J connectivity index is 0.00000242. The van der Waals surface area contributed by atoms with Crippen molar-refractivity contribution in [2.45, 2.75) is 38.3 Å². The van der Waals surface area contributed by atoms with Gasteiger partial charge in [0.05, 0.1) is 11.6 Å². The van der Waals surface area contributed by atoms with Crippen molar-refractivity contribution in [3.05, 3.63) is 34.9 Å². The van der Waals surface area contributed by atoms with Gasteiger partial charge in [0.25, 0.3) is 0 Å². The summed E-state index contributed by atoms with van der Waals surface area (Å²) < 4.78 is 0. The summed E-state index contributed by atoms with van der Waals surface area (Å²) in [6.45, 7) is 6.09. The van der Waals surface area contributed by atoms with E-state index in [1.165, 1.54) is 12.8 Å². The first-order chi connectivity index (χ1) is 9.88. The molecular weight excluding hydrogens is 357 g/mol. The molecule has 3 N–H and O–H groups in total. The maximum absolute atomic E-state index is 12.0. The van der Waals surface area contributed by atoms with E-state index in [9.17, 15) is 4.79 Å². The van der Waals surface area contributed by atoms with Crippen molar-refractivity contribution in [1.29, 1.82) is 0 Å². The van der Waals surface area contributed by atoms with Gasteiger partial charge in [-0.25, -0.2) is 0 Å². The zero-order valence-corrected chi connectivity index (χ0v) is 15.9. The summed E-state index contributed by atoms with van der Waals surface area (Å²) >= 11 is 6.11. The van der Waals surface area contributed by atoms with Gasteiger partial charge in [-0.1, -0.05) is 23.7 Å². The molecule has 1 unspecified atom stereocenters. The monoisotopic (exact) mass is 381 g/mol. The molecule has 1 amide bonds. The molecule has 1 heterocycles. The average Bonchev–Trinajstić information content (AvgIpc) is 2.91. The lowest BCUT2D eigenvalue weighted by atomic mass is 10.0. The Bertz CT molecular complexity index is 500. The van der Waals surface area contributed by atoms with E-state index < -0.39 is 5.54 Å². The van der Waals surface area contributed by atoms with Gasteiger partial charge in [0.1, 0.15) is 0 Å². The SMILES string of the molecule is CC(C)(N)C(=O)NCC(c1cccc(Cl)c1)N1CCCC1.Cl.Cl. The standard InChI is InChI=1S/C16H24ClN3O.2ClH/c1-16(2,18)15(21)19-11-14(20-8-3-4-9-20)12-6-5-7-13(17)10-12;;/h5-7,10,14H,3-4,8-9,11,18H2,1-2H3,(H,19,21);2*1H. The predicted octanol–water partition coefficient (Wildman–Crippen LogP) is 3.17. The zero-order valence-electron chi connectivity index (χ0n) is 13.5. The molecule has 0 aromatic heterocycles. The maximum Gasteiger partial charge on any atom is 0.239 e. The maximum atomic E-state index is 12.0. The van der Waals surface area contributed by atoms with Crippen molar-refractivity contribution in [2.24, 2.45) is 5.73 Å². The van der Waals surface area contributed by atoms with E-state index >= 15 is 0 Å². The molecule has 0 aliphatic carbocycles. The van der Waals surface area contributed by atoms with Crippen molar-refractivity contribution in [3.63, 3.8) is 0 Å². The fourth-order valence-corrected chi connectivity index (χ4v) is 2.84. The summed E-state index contributed by atoms with van der Waals surface area (Å²) in [4.78, 5) is 14.4. The second-order valence-corrected chi connectivity index (χ2v) is 6.68. The van der Waals surface area contributed by atoms with Crippen LogP contribution in [0.2, 0.25) is 5.02 Å². The summed E-state index contributed by atoms with van der Waals surface area (Å²) in [6, 6.07) is 8.01. The quantitative estimate of drug-likeness (QED) is 0.822. The van der Waals surface area contributed by atoms with E-state index in [-0.39, 0.29) is 36.8 Å². The molecule has 4 nitrogen and oxygen atoms in total. The van der Waals surface area contributed by atoms with Gasteiger partial charge < -0.3 is 11.1 Å². The molecule has 0 saturated carbocycles. The van der Waals surface area contributed by atoms with Crippen LogP contribution in [0, 0.1) is 0 Å². The summed E-state index contributed by atoms with van der Waals surface area (Å²) in [5, 5.41) is 3.69. The van der Waals surface area contributed by atoms with Crippen molar-refractivity contribution in [2.75, 3.05) is 19.6 Å². The van der Waals surface area contributed by atoms with E-state index in [1.807, 2.05) is 18.2 Å². The van der Waals surface area contributed by atoms with Gasteiger partial charge in [0.15, 0.2) is 0 Å². The molecule has 1 aliphatic heterocycles. The highest BCUT2D eigenvalue weighted by molar-refractivity contribution is 6.30. The minimum Gasteiger partial charge on any atom is -0.353 e. The Hall–Kier alpha value is -0.520. The van der Waals surface area contributed by atoms with Gasteiger partial charge in [-0.3, -0.25) is 9.69 Å². The second kappa shape index (κ2) is 9.70. The zero-order chi connectivity index (χ0) is 15.5. The Labute approximate surface area is 155 Å². The average molecular weight is 383 g/mol. The topological polar surface area (TPSA) is 58.4 Å². The van der Waals surface area contributed by atoms with Crippen molar-refractivity contribution in [1.82, 2.24) is 10.2 Å². The molecule has 1 aromatic carbocycles. The fraction of sp³-hybridized carbons (Fsp3) is 0.562. The minimum absolute atomic E-state index is 0. The molecule has 132 valence electrons. The van der Waals surface area contributed by atoms with Crippen molar-refractivity contribution >= 4 is 42.3 Å². The van der Waals surface area contributed by atoms with Crippen LogP contribution < -0.4 is 11.1 Å². The third-order valence-electron chi connectivity index (χ3n) is 3.86. The lowest BCUT2D eigenvalue weighted by Gasteiger charge is -2.29. The summed E-state index contributed by atoms with van der Waals surface area (Å²) in [5.41, 5.74) is 6.12. The number of benzene rings is 1. The molecule has 1 fully saturated rings. The molecule has 0 spiro atoms. The Morgan fingerprint density at radius 2 is 1.96 bits per heavy atom. The smallest absolute Gasteiger partial charge is 0.239 e. The Kier molecular flexibility index (Phi) is 9.48. The van der Waals surface area contributed by atoms with Crippen molar-refractivity contribution < 1.29 is 4.79 Å². The van der Waals surface area contributed by atoms with Crippen LogP contribution in [-0.4, -0.2) is 36.0 Å². The first-order valence-corrected chi connectivity index (χ1v) is 7.82. The van der Waals surface area contributed by atoms with Crippen LogP contribution in [0.5, 0.6) is 0 Å². The number of likely N-dealkylation sites (tertiary alicyclic amines) is 1. The van der Waals surface area contributed by atoms with Crippen LogP contribution in [0.4, 0.5) is 0 Å². The number of carbonyl (C=O) groups excluding carboxylic acids is 1. The minimum atomic E-state index is -0.857. The van der Waals surface area contributed by atoms with E-state index in [0.717, 1.165) is 23.7 Å². The van der Waals surface area contributed by atoms with E-state index in [4.69, 9.17) is 17.3 Å². The second-order valence-electron chi connectivity index (χ2n) is 6.25. The van der Waals surface area contributed by atoms with Gasteiger partial charge in [0, 0.05) is 11.6 Å². The molecule has 1 aliphatic rings. The molecular formula is C16H26Cl3N3O. The van der Waals surface area contributed by atoms with E-state index in [0.29, 0.717) is 6.54 Å². The largest absolute Gasteiger partial charge is 0.353 e. The summed E-state index contributed by atoms with van der Waals surface area (Å²) in [5.74, 6) is -0.131. The number of nitrogens with two attached hydrogens (primary N) is 1. The highest BCUT2D eigenvalue weighted by Gasteiger charge is 2.27. The molecule has 0 radical (unpaired) electrons. The highest BCUT2D eigenvalue weighted by Crippen LogP contribution is 2.26. The van der Waals surface area contributed by atoms with Gasteiger partial charge in [-0.15, -0.1) is 24.8 Å². The van der Waals surface area contributed by atoms with Crippen LogP contribution in [0.1, 0.15) is 38.3 Å². The van der Waals surface area contributed by atoms with Crippen molar-refractivity contribution in [3.8, 4) is 0 Å². The number of halogens is 3. The molecule has 1 saturated heterocycles. The molecule has 1 aromatic rings. The normalized spacial score (nSPS) is 16.2. The van der Waals surface area contributed by atoms with E-state index in [2.05, 4.69) is 16.3 Å². The first kappa shape index (κ1) is 22.5. The number of hydrogen-bond donors (Lipinski definition) is 2. The third-order valence-corrected chi connectivity index (χ3v) is 4.09.